The van der Waals surface area contributed by atoms with Gasteiger partial charge in [0.05, 0.1) is 4.47 Å². The van der Waals surface area contributed by atoms with E-state index in [0.717, 1.165) is 11.1 Å². The molecule has 0 aliphatic heterocycles. The lowest BCUT2D eigenvalue weighted by atomic mass is 10.0. The number of hydrogen-bond acceptors (Lipinski definition) is 1. The second-order valence-electron chi connectivity index (χ2n) is 3.39. The van der Waals surface area contributed by atoms with Crippen LogP contribution in [0.3, 0.4) is 0 Å². The van der Waals surface area contributed by atoms with Crippen molar-refractivity contribution in [3.63, 3.8) is 0 Å². The number of benzene rings is 1. The van der Waals surface area contributed by atoms with Gasteiger partial charge in [0.1, 0.15) is 5.75 Å². The van der Waals surface area contributed by atoms with Crippen molar-refractivity contribution in [1.29, 1.82) is 0 Å². The second kappa shape index (κ2) is 3.89. The van der Waals surface area contributed by atoms with Gasteiger partial charge >= 0.3 is 0 Å². The van der Waals surface area contributed by atoms with E-state index in [4.69, 9.17) is 11.6 Å². The molecule has 0 saturated carbocycles. The minimum absolute atomic E-state index is 0.273. The van der Waals surface area contributed by atoms with Crippen molar-refractivity contribution in [3.05, 3.63) is 26.7 Å². The van der Waals surface area contributed by atoms with Gasteiger partial charge in [-0.3, -0.25) is 0 Å². The molecular formula is C10H12BrClO. The van der Waals surface area contributed by atoms with Gasteiger partial charge in [-0.15, -0.1) is 0 Å². The Balaban J connectivity index is 3.41. The molecule has 1 N–H and O–H groups in total. The largest absolute Gasteiger partial charge is 0.506 e. The van der Waals surface area contributed by atoms with Crippen LogP contribution in [0.5, 0.6) is 5.75 Å². The molecule has 0 atom stereocenters. The molecule has 0 saturated heterocycles. The zero-order valence-electron chi connectivity index (χ0n) is 7.86. The number of aromatic hydroxyl groups is 1. The number of rotatable bonds is 1. The summed E-state index contributed by atoms with van der Waals surface area (Å²) >= 11 is 9.31. The predicted molar refractivity (Wildman–Crippen MR) is 59.6 cm³/mol. The highest BCUT2D eigenvalue weighted by Gasteiger charge is 2.13. The van der Waals surface area contributed by atoms with E-state index in [1.165, 1.54) is 0 Å². The summed E-state index contributed by atoms with van der Waals surface area (Å²) in [6.45, 7) is 5.91. The first-order valence-corrected chi connectivity index (χ1v) is 5.29. The molecule has 3 heteroatoms. The summed E-state index contributed by atoms with van der Waals surface area (Å²) in [6.07, 6.45) is 0. The van der Waals surface area contributed by atoms with Crippen LogP contribution in [-0.4, -0.2) is 5.11 Å². The normalized spacial score (nSPS) is 10.9. The minimum Gasteiger partial charge on any atom is -0.506 e. The van der Waals surface area contributed by atoms with Crippen LogP contribution in [0.1, 0.15) is 30.9 Å². The molecule has 1 nitrogen and oxygen atoms in total. The van der Waals surface area contributed by atoms with Crippen LogP contribution >= 0.6 is 27.5 Å². The fourth-order valence-corrected chi connectivity index (χ4v) is 1.93. The first-order valence-electron chi connectivity index (χ1n) is 4.12. The highest BCUT2D eigenvalue weighted by molar-refractivity contribution is 9.10. The van der Waals surface area contributed by atoms with Crippen molar-refractivity contribution < 1.29 is 5.11 Å². The lowest BCUT2D eigenvalue weighted by Gasteiger charge is -2.12. The smallest absolute Gasteiger partial charge is 0.133 e. The second-order valence-corrected chi connectivity index (χ2v) is 4.59. The number of halogens is 2. The Bertz CT molecular complexity index is 334. The molecule has 1 rings (SSSR count). The molecule has 0 fully saturated rings. The summed E-state index contributed by atoms with van der Waals surface area (Å²) in [5, 5.41) is 10.5. The van der Waals surface area contributed by atoms with Gasteiger partial charge in [-0.25, -0.2) is 0 Å². The van der Waals surface area contributed by atoms with E-state index in [2.05, 4.69) is 15.9 Å². The van der Waals surface area contributed by atoms with Gasteiger partial charge < -0.3 is 5.11 Å². The maximum absolute atomic E-state index is 9.77. The molecule has 13 heavy (non-hydrogen) atoms. The molecule has 0 aromatic heterocycles. The van der Waals surface area contributed by atoms with Gasteiger partial charge in [0.25, 0.3) is 0 Å². The van der Waals surface area contributed by atoms with Crippen molar-refractivity contribution in [3.8, 4) is 5.75 Å². The first kappa shape index (κ1) is 10.9. The number of hydrogen-bond donors (Lipinski definition) is 1. The van der Waals surface area contributed by atoms with Gasteiger partial charge in [-0.05, 0) is 46.0 Å². The van der Waals surface area contributed by atoms with E-state index >= 15 is 0 Å². The number of phenols is 1. The number of phenolic OH excluding ortho intramolecular Hbond substituents is 1. The third-order valence-corrected chi connectivity index (χ3v) is 3.44. The molecule has 0 heterocycles. The summed E-state index contributed by atoms with van der Waals surface area (Å²) in [5.74, 6) is 0.575. The molecular weight excluding hydrogens is 251 g/mol. The van der Waals surface area contributed by atoms with Crippen LogP contribution in [-0.2, 0) is 0 Å². The van der Waals surface area contributed by atoms with Crippen molar-refractivity contribution in [2.45, 2.75) is 26.7 Å². The average molecular weight is 264 g/mol. The van der Waals surface area contributed by atoms with E-state index in [9.17, 15) is 5.11 Å². The zero-order valence-corrected chi connectivity index (χ0v) is 10.2. The molecule has 0 amide bonds. The third-order valence-electron chi connectivity index (χ3n) is 2.07. The highest BCUT2D eigenvalue weighted by Crippen LogP contribution is 2.38. The summed E-state index contributed by atoms with van der Waals surface area (Å²) in [5.41, 5.74) is 1.76. The summed E-state index contributed by atoms with van der Waals surface area (Å²) in [4.78, 5) is 0. The average Bonchev–Trinajstić information content (AvgIpc) is 2.07. The standard InChI is InChI=1S/C10H12BrClO/c1-5(2)7-4-8(12)6(3)9(11)10(7)13/h4-5,13H,1-3H3. The van der Waals surface area contributed by atoms with Crippen molar-refractivity contribution >= 4 is 27.5 Å². The Hall–Kier alpha value is -0.210. The van der Waals surface area contributed by atoms with Crippen LogP contribution in [0.25, 0.3) is 0 Å². The lowest BCUT2D eigenvalue weighted by Crippen LogP contribution is -1.91. The Labute approximate surface area is 91.9 Å². The van der Waals surface area contributed by atoms with Gasteiger partial charge in [0.15, 0.2) is 0 Å². The zero-order chi connectivity index (χ0) is 10.2. The third kappa shape index (κ3) is 2.00. The van der Waals surface area contributed by atoms with Crippen molar-refractivity contribution in [1.82, 2.24) is 0 Å². The van der Waals surface area contributed by atoms with E-state index < -0.39 is 0 Å². The molecule has 0 radical (unpaired) electrons. The SMILES string of the molecule is Cc1c(Cl)cc(C(C)C)c(O)c1Br. The Morgan fingerprint density at radius 1 is 1.46 bits per heavy atom. The van der Waals surface area contributed by atoms with E-state index in [0.29, 0.717) is 15.2 Å². The predicted octanol–water partition coefficient (Wildman–Crippen LogP) is 4.24. The molecule has 1 aromatic carbocycles. The van der Waals surface area contributed by atoms with Crippen molar-refractivity contribution in [2.24, 2.45) is 0 Å². The van der Waals surface area contributed by atoms with Crippen molar-refractivity contribution in [2.75, 3.05) is 0 Å². The maximum Gasteiger partial charge on any atom is 0.133 e. The maximum atomic E-state index is 9.77. The minimum atomic E-state index is 0.273. The molecule has 0 bridgehead atoms. The topological polar surface area (TPSA) is 20.2 Å². The van der Waals surface area contributed by atoms with E-state index in [1.807, 2.05) is 26.8 Å². The van der Waals surface area contributed by atoms with Crippen LogP contribution in [0, 0.1) is 6.92 Å². The summed E-state index contributed by atoms with van der Waals surface area (Å²) in [6, 6.07) is 1.82. The Morgan fingerprint density at radius 2 is 2.00 bits per heavy atom. The van der Waals surface area contributed by atoms with Gasteiger partial charge in [-0.2, -0.15) is 0 Å². The van der Waals surface area contributed by atoms with Crippen LogP contribution in [0.15, 0.2) is 10.5 Å². The molecule has 0 aliphatic carbocycles. The Morgan fingerprint density at radius 3 is 2.46 bits per heavy atom. The van der Waals surface area contributed by atoms with Gasteiger partial charge in [-0.1, -0.05) is 25.4 Å². The van der Waals surface area contributed by atoms with Gasteiger partial charge in [0.2, 0.25) is 0 Å². The van der Waals surface area contributed by atoms with Crippen LogP contribution in [0.4, 0.5) is 0 Å². The van der Waals surface area contributed by atoms with Crippen LogP contribution in [0.2, 0.25) is 5.02 Å². The molecule has 0 spiro atoms. The van der Waals surface area contributed by atoms with Crippen LogP contribution < -0.4 is 0 Å². The fraction of sp³-hybridized carbons (Fsp3) is 0.400. The quantitative estimate of drug-likeness (QED) is 0.803. The fourth-order valence-electron chi connectivity index (χ4n) is 1.16. The first-order chi connectivity index (χ1) is 5.95. The monoisotopic (exact) mass is 262 g/mol. The molecule has 72 valence electrons. The lowest BCUT2D eigenvalue weighted by molar-refractivity contribution is 0.461. The summed E-state index contributed by atoms with van der Waals surface area (Å²) in [7, 11) is 0. The van der Waals surface area contributed by atoms with Gasteiger partial charge in [0, 0.05) is 5.02 Å². The molecule has 1 aromatic rings. The molecule has 0 aliphatic rings. The van der Waals surface area contributed by atoms with E-state index in [-0.39, 0.29) is 5.92 Å². The molecule has 0 unspecified atom stereocenters. The summed E-state index contributed by atoms with van der Waals surface area (Å²) < 4.78 is 0.698. The van der Waals surface area contributed by atoms with E-state index in [1.54, 1.807) is 0 Å². The Kier molecular flexibility index (Phi) is 3.25. The highest BCUT2D eigenvalue weighted by atomic mass is 79.9.